The Kier molecular flexibility index (Phi) is 5.65. The van der Waals surface area contributed by atoms with E-state index < -0.39 is 16.1 Å². The molecule has 168 valence electrons. The zero-order valence-corrected chi connectivity index (χ0v) is 18.8. The number of amides is 1. The van der Waals surface area contributed by atoms with E-state index >= 15 is 0 Å². The normalized spacial score (nSPS) is 11.4. The molecule has 0 saturated carbocycles. The summed E-state index contributed by atoms with van der Waals surface area (Å²) in [6, 6.07) is 25.1. The standard InChI is InChI=1S/C26H20N4O3S/c31-26(21-11-5-2-6-12-21)30(18-22-17-27-15-16-28-22)34(32,33)29-19-24(20-9-3-1-4-10-20)23-13-7-8-14-25(23)29/h1-17,19H,18H2. The number of fused-ring (bicyclic) bond motifs is 1. The Morgan fingerprint density at radius 3 is 2.24 bits per heavy atom. The first-order valence-corrected chi connectivity index (χ1v) is 12.0. The molecule has 34 heavy (non-hydrogen) atoms. The summed E-state index contributed by atoms with van der Waals surface area (Å²) >= 11 is 0. The van der Waals surface area contributed by atoms with Gasteiger partial charge in [-0.05, 0) is 23.8 Å². The van der Waals surface area contributed by atoms with Crippen molar-refractivity contribution in [2.45, 2.75) is 6.54 Å². The summed E-state index contributed by atoms with van der Waals surface area (Å²) in [5.74, 6) is -0.648. The van der Waals surface area contributed by atoms with Crippen LogP contribution in [0.15, 0.2) is 110 Å². The average molecular weight is 469 g/mol. The molecule has 5 aromatic rings. The van der Waals surface area contributed by atoms with Crippen LogP contribution >= 0.6 is 0 Å². The van der Waals surface area contributed by atoms with Gasteiger partial charge in [0.05, 0.1) is 24.0 Å². The van der Waals surface area contributed by atoms with Gasteiger partial charge in [-0.3, -0.25) is 14.8 Å². The van der Waals surface area contributed by atoms with E-state index in [9.17, 15) is 13.2 Å². The summed E-state index contributed by atoms with van der Waals surface area (Å²) in [5.41, 5.74) is 2.73. The minimum atomic E-state index is -4.33. The molecular formula is C26H20N4O3S. The van der Waals surface area contributed by atoms with Gasteiger partial charge >= 0.3 is 10.2 Å². The van der Waals surface area contributed by atoms with Crippen molar-refractivity contribution < 1.29 is 13.2 Å². The lowest BCUT2D eigenvalue weighted by Gasteiger charge is -2.23. The molecule has 7 nitrogen and oxygen atoms in total. The van der Waals surface area contributed by atoms with Crippen LogP contribution < -0.4 is 0 Å². The fourth-order valence-electron chi connectivity index (χ4n) is 3.84. The van der Waals surface area contributed by atoms with Gasteiger partial charge in [-0.15, -0.1) is 0 Å². The Bertz CT molecular complexity index is 1550. The highest BCUT2D eigenvalue weighted by Gasteiger charge is 2.32. The molecule has 2 aromatic heterocycles. The van der Waals surface area contributed by atoms with Crippen molar-refractivity contribution in [1.29, 1.82) is 0 Å². The number of hydrogen-bond acceptors (Lipinski definition) is 5. The summed E-state index contributed by atoms with van der Waals surface area (Å²) in [5, 5.41) is 0.767. The van der Waals surface area contributed by atoms with Gasteiger partial charge in [0, 0.05) is 35.1 Å². The quantitative estimate of drug-likeness (QED) is 0.365. The van der Waals surface area contributed by atoms with Gasteiger partial charge in [0.1, 0.15) is 0 Å². The topological polar surface area (TPSA) is 85.2 Å². The highest BCUT2D eigenvalue weighted by atomic mass is 32.2. The predicted molar refractivity (Wildman–Crippen MR) is 130 cm³/mol. The second-order valence-corrected chi connectivity index (χ2v) is 9.33. The number of carbonyl (C=O) groups excluding carboxylic acids is 1. The third-order valence-electron chi connectivity index (χ3n) is 5.46. The SMILES string of the molecule is O=C(c1ccccc1)N(Cc1cnccn1)S(=O)(=O)n1cc(-c2ccccc2)c2ccccc21. The van der Waals surface area contributed by atoms with Crippen LogP contribution in [-0.2, 0) is 16.8 Å². The lowest BCUT2D eigenvalue weighted by atomic mass is 10.1. The summed E-state index contributed by atoms with van der Waals surface area (Å²) < 4.78 is 30.1. The van der Waals surface area contributed by atoms with Crippen molar-refractivity contribution in [3.05, 3.63) is 121 Å². The Morgan fingerprint density at radius 1 is 0.853 bits per heavy atom. The smallest absolute Gasteiger partial charge is 0.268 e. The Morgan fingerprint density at radius 2 is 1.53 bits per heavy atom. The van der Waals surface area contributed by atoms with E-state index in [1.807, 2.05) is 42.5 Å². The number of aromatic nitrogens is 3. The van der Waals surface area contributed by atoms with E-state index in [1.165, 1.54) is 22.6 Å². The van der Waals surface area contributed by atoms with Crippen molar-refractivity contribution in [3.63, 3.8) is 0 Å². The van der Waals surface area contributed by atoms with Crippen LogP contribution in [0.5, 0.6) is 0 Å². The molecule has 0 aliphatic heterocycles. The second kappa shape index (κ2) is 8.92. The van der Waals surface area contributed by atoms with Crippen LogP contribution in [0.2, 0.25) is 0 Å². The third kappa shape index (κ3) is 3.95. The van der Waals surface area contributed by atoms with Gasteiger partial charge in [-0.25, -0.2) is 8.28 Å². The van der Waals surface area contributed by atoms with Crippen molar-refractivity contribution >= 4 is 27.0 Å². The molecule has 0 radical (unpaired) electrons. The molecule has 5 rings (SSSR count). The van der Waals surface area contributed by atoms with Crippen LogP contribution in [0.3, 0.4) is 0 Å². The van der Waals surface area contributed by atoms with E-state index in [1.54, 1.807) is 48.7 Å². The minimum Gasteiger partial charge on any atom is -0.268 e. The van der Waals surface area contributed by atoms with Crippen molar-refractivity contribution in [2.75, 3.05) is 0 Å². The molecule has 0 N–H and O–H groups in total. The van der Waals surface area contributed by atoms with Gasteiger partial charge in [-0.1, -0.05) is 66.7 Å². The summed E-state index contributed by atoms with van der Waals surface area (Å²) in [4.78, 5) is 21.7. The lowest BCUT2D eigenvalue weighted by Crippen LogP contribution is -2.40. The van der Waals surface area contributed by atoms with E-state index in [4.69, 9.17) is 0 Å². The molecule has 3 aromatic carbocycles. The monoisotopic (exact) mass is 468 g/mol. The largest absolute Gasteiger partial charge is 0.333 e. The van der Waals surface area contributed by atoms with Gasteiger partial charge in [0.25, 0.3) is 5.91 Å². The molecule has 0 atom stereocenters. The molecular weight excluding hydrogens is 448 g/mol. The highest BCUT2D eigenvalue weighted by molar-refractivity contribution is 7.88. The molecule has 0 unspecified atom stereocenters. The van der Waals surface area contributed by atoms with E-state index in [2.05, 4.69) is 9.97 Å². The molecule has 8 heteroatoms. The fourth-order valence-corrected chi connectivity index (χ4v) is 5.31. The van der Waals surface area contributed by atoms with Crippen molar-refractivity contribution in [1.82, 2.24) is 18.2 Å². The Balaban J connectivity index is 1.68. The number of rotatable bonds is 6. The van der Waals surface area contributed by atoms with Gasteiger partial charge in [0.2, 0.25) is 0 Å². The van der Waals surface area contributed by atoms with Gasteiger partial charge in [0.15, 0.2) is 0 Å². The molecule has 1 amide bonds. The van der Waals surface area contributed by atoms with Gasteiger partial charge < -0.3 is 0 Å². The highest BCUT2D eigenvalue weighted by Crippen LogP contribution is 2.32. The Hall–Kier alpha value is -4.30. The maximum Gasteiger partial charge on any atom is 0.333 e. The van der Waals surface area contributed by atoms with E-state index in [0.29, 0.717) is 11.2 Å². The van der Waals surface area contributed by atoms with E-state index in [-0.39, 0.29) is 12.1 Å². The lowest BCUT2D eigenvalue weighted by molar-refractivity contribution is 0.0852. The number of benzene rings is 3. The van der Waals surface area contributed by atoms with Crippen LogP contribution in [0.4, 0.5) is 0 Å². The van der Waals surface area contributed by atoms with Crippen LogP contribution in [0.1, 0.15) is 16.1 Å². The van der Waals surface area contributed by atoms with Crippen LogP contribution in [-0.4, -0.2) is 32.6 Å². The first-order valence-electron chi connectivity index (χ1n) is 10.6. The van der Waals surface area contributed by atoms with Gasteiger partial charge in [-0.2, -0.15) is 8.42 Å². The second-order valence-electron chi connectivity index (χ2n) is 7.60. The number of para-hydroxylation sites is 1. The Labute approximate surface area is 197 Å². The van der Waals surface area contributed by atoms with Crippen LogP contribution in [0.25, 0.3) is 22.0 Å². The van der Waals surface area contributed by atoms with Crippen LogP contribution in [0, 0.1) is 0 Å². The zero-order chi connectivity index (χ0) is 23.5. The van der Waals surface area contributed by atoms with Crippen molar-refractivity contribution in [2.24, 2.45) is 0 Å². The molecule has 0 spiro atoms. The summed E-state index contributed by atoms with van der Waals surface area (Å²) in [6.07, 6.45) is 5.97. The molecule has 0 aliphatic rings. The number of nitrogens with zero attached hydrogens (tertiary/aromatic N) is 4. The fraction of sp³-hybridized carbons (Fsp3) is 0.0385. The maximum absolute atomic E-state index is 14.0. The zero-order valence-electron chi connectivity index (χ0n) is 18.0. The predicted octanol–water partition coefficient (Wildman–Crippen LogP) is 4.53. The summed E-state index contributed by atoms with van der Waals surface area (Å²) in [7, 11) is -4.33. The molecule has 0 fully saturated rings. The number of hydrogen-bond donors (Lipinski definition) is 0. The average Bonchev–Trinajstić information content (AvgIpc) is 3.29. The molecule has 0 aliphatic carbocycles. The minimum absolute atomic E-state index is 0.253. The van der Waals surface area contributed by atoms with E-state index in [0.717, 1.165) is 20.8 Å². The first-order chi connectivity index (χ1) is 16.6. The summed E-state index contributed by atoms with van der Waals surface area (Å²) in [6.45, 7) is -0.253. The molecule has 0 bridgehead atoms. The first kappa shape index (κ1) is 21.5. The third-order valence-corrected chi connectivity index (χ3v) is 7.11. The maximum atomic E-state index is 14.0. The molecule has 0 saturated heterocycles. The molecule has 2 heterocycles. The number of carbonyl (C=O) groups is 1. The van der Waals surface area contributed by atoms with Crippen molar-refractivity contribution in [3.8, 4) is 11.1 Å².